The van der Waals surface area contributed by atoms with Crippen molar-refractivity contribution in [3.8, 4) is 0 Å². The largest absolute Gasteiger partial charge is 0.383 e. The number of aromatic nitrogens is 1. The van der Waals surface area contributed by atoms with E-state index in [0.717, 1.165) is 16.6 Å². The molecule has 0 aliphatic carbocycles. The molecule has 120 valence electrons. The lowest BCUT2D eigenvalue weighted by Crippen LogP contribution is -2.44. The number of rotatable bonds is 6. The minimum Gasteiger partial charge on any atom is -0.383 e. The average molecular weight is 322 g/mol. The monoisotopic (exact) mass is 322 g/mol. The van der Waals surface area contributed by atoms with E-state index in [-0.39, 0.29) is 6.04 Å². The van der Waals surface area contributed by atoms with Gasteiger partial charge in [0, 0.05) is 6.04 Å². The molecule has 0 saturated heterocycles. The minimum absolute atomic E-state index is 0.0604. The van der Waals surface area contributed by atoms with Gasteiger partial charge in [0.25, 0.3) is 5.91 Å². The molecule has 22 heavy (non-hydrogen) atoms. The molecular weight excluding hydrogens is 300 g/mol. The second-order valence-electron chi connectivity index (χ2n) is 5.59. The van der Waals surface area contributed by atoms with E-state index >= 15 is 0 Å². The second-order valence-corrected chi connectivity index (χ2v) is 6.65. The van der Waals surface area contributed by atoms with Crippen LogP contribution in [0.3, 0.4) is 0 Å². The average Bonchev–Trinajstić information content (AvgIpc) is 2.96. The Kier molecular flexibility index (Phi) is 5.50. The van der Waals surface area contributed by atoms with Crippen LogP contribution in [0, 0.1) is 5.92 Å². The van der Waals surface area contributed by atoms with E-state index in [4.69, 9.17) is 0 Å². The van der Waals surface area contributed by atoms with Gasteiger partial charge in [0.1, 0.15) is 11.1 Å². The summed E-state index contributed by atoms with van der Waals surface area (Å²) in [5.41, 5.74) is 0.752. The Morgan fingerprint density at radius 2 is 2.00 bits per heavy atom. The first kappa shape index (κ1) is 16.9. The molecule has 1 heterocycles. The highest BCUT2D eigenvalue weighted by atomic mass is 32.1. The van der Waals surface area contributed by atoms with Crippen LogP contribution in [-0.4, -0.2) is 33.3 Å². The maximum atomic E-state index is 12.1. The van der Waals surface area contributed by atoms with Gasteiger partial charge in [0.2, 0.25) is 0 Å². The van der Waals surface area contributed by atoms with Crippen LogP contribution >= 0.6 is 11.3 Å². The molecule has 0 aliphatic heterocycles. The standard InChI is InChI=1S/C16H22N2O3S/c1-4-9(2)10(3)17-15(21)13(19)14(20)16-18-11-7-5-6-8-12(11)22-16/h5-10,13-14,19-20H,4H2,1-3H3,(H,17,21). The molecule has 0 aliphatic rings. The lowest BCUT2D eigenvalue weighted by Gasteiger charge is -2.23. The van der Waals surface area contributed by atoms with Gasteiger partial charge in [-0.2, -0.15) is 0 Å². The summed E-state index contributed by atoms with van der Waals surface area (Å²) in [5.74, 6) is -0.268. The fourth-order valence-corrected chi connectivity index (χ4v) is 3.08. The summed E-state index contributed by atoms with van der Waals surface area (Å²) in [6.45, 7) is 5.96. The number of carbonyl (C=O) groups excluding carboxylic acids is 1. The SMILES string of the molecule is CCC(C)C(C)NC(=O)C(O)C(O)c1nc2ccccc2s1. The van der Waals surface area contributed by atoms with Crippen molar-refractivity contribution in [1.29, 1.82) is 0 Å². The number of hydrogen-bond acceptors (Lipinski definition) is 5. The van der Waals surface area contributed by atoms with E-state index in [0.29, 0.717) is 10.9 Å². The molecule has 5 nitrogen and oxygen atoms in total. The highest BCUT2D eigenvalue weighted by Crippen LogP contribution is 2.28. The Morgan fingerprint density at radius 3 is 2.64 bits per heavy atom. The van der Waals surface area contributed by atoms with E-state index in [1.54, 1.807) is 0 Å². The summed E-state index contributed by atoms with van der Waals surface area (Å²) in [5, 5.41) is 23.4. The smallest absolute Gasteiger partial charge is 0.252 e. The Labute approximate surface area is 134 Å². The summed E-state index contributed by atoms with van der Waals surface area (Å²) in [6.07, 6.45) is -1.91. The zero-order chi connectivity index (χ0) is 16.3. The third-order valence-corrected chi connectivity index (χ3v) is 5.11. The lowest BCUT2D eigenvalue weighted by molar-refractivity contribution is -0.136. The maximum Gasteiger partial charge on any atom is 0.252 e. The van der Waals surface area contributed by atoms with Gasteiger partial charge < -0.3 is 15.5 Å². The van der Waals surface area contributed by atoms with Crippen molar-refractivity contribution in [2.24, 2.45) is 5.92 Å². The van der Waals surface area contributed by atoms with E-state index in [1.807, 2.05) is 45.0 Å². The number of aliphatic hydroxyl groups excluding tert-OH is 2. The normalized spacial score (nSPS) is 17.0. The summed E-state index contributed by atoms with van der Waals surface area (Å²) < 4.78 is 0.914. The highest BCUT2D eigenvalue weighted by molar-refractivity contribution is 7.18. The molecule has 4 unspecified atom stereocenters. The Balaban J connectivity index is 2.07. The summed E-state index contributed by atoms with van der Waals surface area (Å²) >= 11 is 1.28. The van der Waals surface area contributed by atoms with Gasteiger partial charge in [0.15, 0.2) is 6.10 Å². The number of benzene rings is 1. The zero-order valence-corrected chi connectivity index (χ0v) is 13.8. The van der Waals surface area contributed by atoms with Gasteiger partial charge in [-0.3, -0.25) is 4.79 Å². The Hall–Kier alpha value is -1.50. The van der Waals surface area contributed by atoms with Gasteiger partial charge in [-0.25, -0.2) is 4.98 Å². The van der Waals surface area contributed by atoms with Gasteiger partial charge in [0.05, 0.1) is 10.2 Å². The third-order valence-electron chi connectivity index (χ3n) is 4.00. The fraction of sp³-hybridized carbons (Fsp3) is 0.500. The van der Waals surface area contributed by atoms with E-state index < -0.39 is 18.1 Å². The molecule has 1 aromatic heterocycles. The van der Waals surface area contributed by atoms with Crippen LogP contribution in [0.25, 0.3) is 10.2 Å². The van der Waals surface area contributed by atoms with Crippen LogP contribution in [0.5, 0.6) is 0 Å². The van der Waals surface area contributed by atoms with Crippen LogP contribution in [0.1, 0.15) is 38.3 Å². The molecule has 1 amide bonds. The molecule has 0 saturated carbocycles. The maximum absolute atomic E-state index is 12.1. The van der Waals surface area contributed by atoms with Crippen molar-refractivity contribution in [3.05, 3.63) is 29.3 Å². The topological polar surface area (TPSA) is 82.5 Å². The molecule has 4 atom stereocenters. The van der Waals surface area contributed by atoms with Crippen molar-refractivity contribution < 1.29 is 15.0 Å². The second kappa shape index (κ2) is 7.17. The van der Waals surface area contributed by atoms with Crippen molar-refractivity contribution >= 4 is 27.5 Å². The van der Waals surface area contributed by atoms with E-state index in [1.165, 1.54) is 11.3 Å². The number of aliphatic hydroxyl groups is 2. The van der Waals surface area contributed by atoms with Crippen LogP contribution in [-0.2, 0) is 4.79 Å². The van der Waals surface area contributed by atoms with Crippen molar-refractivity contribution in [1.82, 2.24) is 10.3 Å². The van der Waals surface area contributed by atoms with Crippen LogP contribution in [0.15, 0.2) is 24.3 Å². The molecule has 2 rings (SSSR count). The number of hydrogen-bond donors (Lipinski definition) is 3. The Bertz CT molecular complexity index is 610. The first-order valence-corrected chi connectivity index (χ1v) is 8.27. The number of fused-ring (bicyclic) bond motifs is 1. The molecule has 1 aromatic carbocycles. The molecule has 0 spiro atoms. The molecule has 0 bridgehead atoms. The molecule has 0 fully saturated rings. The Morgan fingerprint density at radius 1 is 1.32 bits per heavy atom. The number of nitrogens with one attached hydrogen (secondary N) is 1. The first-order chi connectivity index (χ1) is 10.4. The van der Waals surface area contributed by atoms with E-state index in [2.05, 4.69) is 10.3 Å². The summed E-state index contributed by atoms with van der Waals surface area (Å²) in [6, 6.07) is 7.40. The number of thiazole rings is 1. The predicted molar refractivity (Wildman–Crippen MR) is 87.6 cm³/mol. The van der Waals surface area contributed by atoms with E-state index in [9.17, 15) is 15.0 Å². The number of nitrogens with zero attached hydrogens (tertiary/aromatic N) is 1. The lowest BCUT2D eigenvalue weighted by atomic mass is 10.0. The molecule has 2 aromatic rings. The van der Waals surface area contributed by atoms with Crippen LogP contribution < -0.4 is 5.32 Å². The number of para-hydroxylation sites is 1. The van der Waals surface area contributed by atoms with Gasteiger partial charge >= 0.3 is 0 Å². The van der Waals surface area contributed by atoms with Gasteiger partial charge in [-0.15, -0.1) is 11.3 Å². The number of carbonyl (C=O) groups is 1. The molecule has 3 N–H and O–H groups in total. The quantitative estimate of drug-likeness (QED) is 0.762. The highest BCUT2D eigenvalue weighted by Gasteiger charge is 2.29. The van der Waals surface area contributed by atoms with Crippen molar-refractivity contribution in [3.63, 3.8) is 0 Å². The van der Waals surface area contributed by atoms with Gasteiger partial charge in [-0.05, 0) is 25.0 Å². The number of amides is 1. The molecular formula is C16H22N2O3S. The zero-order valence-electron chi connectivity index (χ0n) is 13.0. The summed E-state index contributed by atoms with van der Waals surface area (Å²) in [4.78, 5) is 16.3. The van der Waals surface area contributed by atoms with Crippen LogP contribution in [0.2, 0.25) is 0 Å². The fourth-order valence-electron chi connectivity index (χ4n) is 2.10. The van der Waals surface area contributed by atoms with Crippen LogP contribution in [0.4, 0.5) is 0 Å². The third kappa shape index (κ3) is 3.63. The van der Waals surface area contributed by atoms with Crippen molar-refractivity contribution in [2.45, 2.75) is 45.4 Å². The molecule has 6 heteroatoms. The first-order valence-electron chi connectivity index (χ1n) is 7.46. The predicted octanol–water partition coefficient (Wildman–Crippen LogP) is 2.24. The minimum atomic E-state index is -1.52. The van der Waals surface area contributed by atoms with Crippen molar-refractivity contribution in [2.75, 3.05) is 0 Å². The molecule has 0 radical (unpaired) electrons. The van der Waals surface area contributed by atoms with Gasteiger partial charge in [-0.1, -0.05) is 32.4 Å². The summed E-state index contributed by atoms with van der Waals surface area (Å²) in [7, 11) is 0.